The number of phenolic OH excluding ortho intramolecular Hbond substituents is 1. The zero-order valence-electron chi connectivity index (χ0n) is 22.1. The molecule has 0 aliphatic carbocycles. The maximum absolute atomic E-state index is 13.8. The number of para-hydroxylation sites is 1. The van der Waals surface area contributed by atoms with E-state index in [0.717, 1.165) is 11.1 Å². The van der Waals surface area contributed by atoms with Gasteiger partial charge in [-0.3, -0.25) is 9.59 Å². The predicted molar refractivity (Wildman–Crippen MR) is 141 cm³/mol. The number of aryl methyl sites for hydroxylation is 3. The molecule has 8 heteroatoms. The smallest absolute Gasteiger partial charge is 0.408 e. The summed E-state index contributed by atoms with van der Waals surface area (Å²) >= 11 is 0. The van der Waals surface area contributed by atoms with Crippen molar-refractivity contribution in [3.8, 4) is 5.75 Å². The van der Waals surface area contributed by atoms with Crippen molar-refractivity contribution in [2.45, 2.75) is 66.2 Å². The molecule has 2 unspecified atom stereocenters. The number of benzene rings is 2. The molecule has 2 rings (SSSR count). The summed E-state index contributed by atoms with van der Waals surface area (Å²) in [5, 5.41) is 15.6. The van der Waals surface area contributed by atoms with Gasteiger partial charge in [0.1, 0.15) is 23.4 Å². The van der Waals surface area contributed by atoms with E-state index in [2.05, 4.69) is 17.2 Å². The number of carbonyl (C=O) groups excluding carboxylic acids is 3. The number of ether oxygens (including phenoxy) is 1. The Hall–Kier alpha value is -3.81. The Morgan fingerprint density at radius 2 is 1.69 bits per heavy atom. The van der Waals surface area contributed by atoms with E-state index in [1.165, 1.54) is 24.0 Å². The number of nitrogens with one attached hydrogen (secondary N) is 2. The van der Waals surface area contributed by atoms with Gasteiger partial charge in [-0.2, -0.15) is 0 Å². The van der Waals surface area contributed by atoms with Crippen molar-refractivity contribution in [2.24, 2.45) is 0 Å². The molecule has 0 fully saturated rings. The maximum atomic E-state index is 13.8. The van der Waals surface area contributed by atoms with E-state index in [-0.39, 0.29) is 12.3 Å². The molecule has 0 aliphatic rings. The second-order valence-electron chi connectivity index (χ2n) is 9.85. The molecule has 0 heterocycles. The minimum absolute atomic E-state index is 0.0456. The van der Waals surface area contributed by atoms with Crippen molar-refractivity contribution in [3.05, 3.63) is 71.3 Å². The highest BCUT2D eigenvalue weighted by atomic mass is 16.6. The van der Waals surface area contributed by atoms with E-state index in [0.29, 0.717) is 16.8 Å². The summed E-state index contributed by atoms with van der Waals surface area (Å²) in [5.41, 5.74) is 2.76. The second kappa shape index (κ2) is 11.7. The molecule has 0 aromatic heterocycles. The fourth-order valence-electron chi connectivity index (χ4n) is 3.78. The number of hydrogen-bond donors (Lipinski definition) is 3. The third-order valence-corrected chi connectivity index (χ3v) is 5.54. The average molecular weight is 496 g/mol. The Bertz CT molecular complexity index is 1120. The predicted octanol–water partition coefficient (Wildman–Crippen LogP) is 4.93. The highest BCUT2D eigenvalue weighted by molar-refractivity contribution is 6.00. The Morgan fingerprint density at radius 3 is 2.22 bits per heavy atom. The number of alkyl carbamates (subject to hydrolysis) is 1. The zero-order chi connectivity index (χ0) is 27.2. The molecule has 0 saturated carbocycles. The van der Waals surface area contributed by atoms with Crippen LogP contribution in [0.15, 0.2) is 49.1 Å². The molecular formula is C28H37N3O5. The van der Waals surface area contributed by atoms with Crippen LogP contribution in [-0.4, -0.2) is 46.1 Å². The first-order chi connectivity index (χ1) is 16.7. The van der Waals surface area contributed by atoms with Gasteiger partial charge >= 0.3 is 6.09 Å². The molecule has 0 radical (unpaired) electrons. The largest absolute Gasteiger partial charge is 0.508 e. The molecule has 2 aromatic carbocycles. The zero-order valence-corrected chi connectivity index (χ0v) is 22.1. The number of carbonyl (C=O) groups is 3. The van der Waals surface area contributed by atoms with Crippen LogP contribution in [0.3, 0.4) is 0 Å². The molecule has 3 amide bonds. The van der Waals surface area contributed by atoms with E-state index < -0.39 is 35.6 Å². The van der Waals surface area contributed by atoms with Gasteiger partial charge in [0.15, 0.2) is 0 Å². The molecule has 0 saturated heterocycles. The van der Waals surface area contributed by atoms with Crippen LogP contribution in [0, 0.1) is 20.8 Å². The molecule has 8 nitrogen and oxygen atoms in total. The van der Waals surface area contributed by atoms with Gasteiger partial charge in [-0.05, 0) is 82.9 Å². The lowest BCUT2D eigenvalue weighted by Crippen LogP contribution is -2.51. The minimum atomic E-state index is -1.06. The first-order valence-electron chi connectivity index (χ1n) is 11.8. The molecule has 0 aliphatic heterocycles. The number of nitrogens with zero attached hydrogens (tertiary/aromatic N) is 1. The third-order valence-electron chi connectivity index (χ3n) is 5.54. The monoisotopic (exact) mass is 495 g/mol. The average Bonchev–Trinajstić information content (AvgIpc) is 2.76. The van der Waals surface area contributed by atoms with Gasteiger partial charge in [0.05, 0.1) is 0 Å². The van der Waals surface area contributed by atoms with E-state index in [1.807, 2.05) is 32.0 Å². The number of aromatic hydroxyl groups is 1. The first kappa shape index (κ1) is 28.4. The Morgan fingerprint density at radius 1 is 1.08 bits per heavy atom. The van der Waals surface area contributed by atoms with Gasteiger partial charge < -0.3 is 25.4 Å². The summed E-state index contributed by atoms with van der Waals surface area (Å²) < 4.78 is 5.28. The van der Waals surface area contributed by atoms with Gasteiger partial charge in [-0.1, -0.05) is 30.3 Å². The standard InChI is InChI=1S/C28H37N3O5/c1-9-15-31(26(34)20(5)29-27(35)36-28(6,7)8)24(21-13-14-22(32)19(4)16-21)25(33)30-23-17(2)11-10-12-18(23)3/h9-14,16,20,24,32H,1,15H2,2-8H3,(H,29,35)(H,30,33). The highest BCUT2D eigenvalue weighted by Crippen LogP contribution is 2.29. The van der Waals surface area contributed by atoms with Crippen LogP contribution in [0.5, 0.6) is 5.75 Å². The van der Waals surface area contributed by atoms with Crippen molar-refractivity contribution >= 4 is 23.6 Å². The highest BCUT2D eigenvalue weighted by Gasteiger charge is 2.34. The van der Waals surface area contributed by atoms with E-state index in [1.54, 1.807) is 39.8 Å². The van der Waals surface area contributed by atoms with Crippen LogP contribution in [0.1, 0.15) is 56.0 Å². The minimum Gasteiger partial charge on any atom is -0.508 e. The number of hydrogen-bond acceptors (Lipinski definition) is 5. The molecule has 3 N–H and O–H groups in total. The van der Waals surface area contributed by atoms with E-state index >= 15 is 0 Å². The van der Waals surface area contributed by atoms with Crippen molar-refractivity contribution < 1.29 is 24.2 Å². The van der Waals surface area contributed by atoms with Crippen LogP contribution >= 0.6 is 0 Å². The Balaban J connectivity index is 2.48. The molecule has 36 heavy (non-hydrogen) atoms. The van der Waals surface area contributed by atoms with Crippen LogP contribution in [0.25, 0.3) is 0 Å². The van der Waals surface area contributed by atoms with Crippen molar-refractivity contribution in [1.82, 2.24) is 10.2 Å². The van der Waals surface area contributed by atoms with Gasteiger partial charge in [-0.15, -0.1) is 6.58 Å². The summed E-state index contributed by atoms with van der Waals surface area (Å²) in [5.74, 6) is -0.848. The Kier molecular flexibility index (Phi) is 9.28. The second-order valence-corrected chi connectivity index (χ2v) is 9.85. The Labute approximate surface area is 213 Å². The van der Waals surface area contributed by atoms with Crippen LogP contribution < -0.4 is 10.6 Å². The van der Waals surface area contributed by atoms with Crippen LogP contribution in [0.2, 0.25) is 0 Å². The van der Waals surface area contributed by atoms with Crippen LogP contribution in [0.4, 0.5) is 10.5 Å². The van der Waals surface area contributed by atoms with Gasteiger partial charge in [0.2, 0.25) is 5.91 Å². The SMILES string of the molecule is C=CCN(C(=O)C(C)NC(=O)OC(C)(C)C)C(C(=O)Nc1c(C)cccc1C)c1ccc(O)c(C)c1. The fraction of sp³-hybridized carbons (Fsp3) is 0.393. The summed E-state index contributed by atoms with van der Waals surface area (Å²) in [4.78, 5) is 41.0. The molecule has 194 valence electrons. The maximum Gasteiger partial charge on any atom is 0.408 e. The van der Waals surface area contributed by atoms with Gasteiger partial charge in [0.25, 0.3) is 5.91 Å². The fourth-order valence-corrected chi connectivity index (χ4v) is 3.78. The first-order valence-corrected chi connectivity index (χ1v) is 11.8. The molecule has 2 atom stereocenters. The molecular weight excluding hydrogens is 458 g/mol. The summed E-state index contributed by atoms with van der Waals surface area (Å²) in [6.45, 7) is 16.0. The lowest BCUT2D eigenvalue weighted by Gasteiger charge is -2.33. The third kappa shape index (κ3) is 7.34. The van der Waals surface area contributed by atoms with Crippen molar-refractivity contribution in [3.63, 3.8) is 0 Å². The van der Waals surface area contributed by atoms with Gasteiger partial charge in [-0.25, -0.2) is 4.79 Å². The summed E-state index contributed by atoms with van der Waals surface area (Å²) in [7, 11) is 0. The number of amides is 3. The van der Waals surface area contributed by atoms with Gasteiger partial charge in [0, 0.05) is 12.2 Å². The lowest BCUT2D eigenvalue weighted by atomic mass is 9.99. The topological polar surface area (TPSA) is 108 Å². The summed E-state index contributed by atoms with van der Waals surface area (Å²) in [6, 6.07) is 8.41. The summed E-state index contributed by atoms with van der Waals surface area (Å²) in [6.07, 6.45) is 0.781. The number of rotatable bonds is 8. The van der Waals surface area contributed by atoms with Crippen molar-refractivity contribution in [1.29, 1.82) is 0 Å². The number of anilines is 1. The molecule has 0 spiro atoms. The quantitative estimate of drug-likeness (QED) is 0.450. The molecule has 2 aromatic rings. The number of phenols is 1. The van der Waals surface area contributed by atoms with Crippen LogP contribution in [-0.2, 0) is 14.3 Å². The molecule has 0 bridgehead atoms. The van der Waals surface area contributed by atoms with Crippen molar-refractivity contribution in [2.75, 3.05) is 11.9 Å². The lowest BCUT2D eigenvalue weighted by molar-refractivity contribution is -0.139. The normalized spacial score (nSPS) is 12.8. The van der Waals surface area contributed by atoms with E-state index in [9.17, 15) is 19.5 Å². The van der Waals surface area contributed by atoms with E-state index in [4.69, 9.17) is 4.74 Å².